The van der Waals surface area contributed by atoms with Crippen LogP contribution in [0.25, 0.3) is 0 Å². The molecule has 2 heterocycles. The number of piperidine rings is 1. The largest absolute Gasteiger partial charge is 0.379 e. The highest BCUT2D eigenvalue weighted by Crippen LogP contribution is 2.22. The van der Waals surface area contributed by atoms with Crippen molar-refractivity contribution in [2.75, 3.05) is 44.7 Å². The summed E-state index contributed by atoms with van der Waals surface area (Å²) in [4.78, 5) is 4.80. The third-order valence-corrected chi connectivity index (χ3v) is 5.20. The lowest BCUT2D eigenvalue weighted by Crippen LogP contribution is -2.47. The van der Waals surface area contributed by atoms with E-state index in [9.17, 15) is 4.39 Å². The molecule has 0 saturated carbocycles. The van der Waals surface area contributed by atoms with Crippen LogP contribution < -0.4 is 5.32 Å². The van der Waals surface area contributed by atoms with Crippen molar-refractivity contribution in [1.29, 1.82) is 0 Å². The van der Waals surface area contributed by atoms with Crippen LogP contribution in [0.4, 0.5) is 10.1 Å². The fourth-order valence-corrected chi connectivity index (χ4v) is 3.81. The van der Waals surface area contributed by atoms with Crippen LogP contribution >= 0.6 is 12.2 Å². The zero-order chi connectivity index (χ0) is 16.8. The molecule has 2 saturated heterocycles. The van der Waals surface area contributed by atoms with Crippen molar-refractivity contribution in [3.05, 3.63) is 30.1 Å². The predicted octanol–water partition coefficient (Wildman–Crippen LogP) is 3.10. The van der Waals surface area contributed by atoms with Crippen molar-refractivity contribution in [1.82, 2.24) is 9.80 Å². The van der Waals surface area contributed by atoms with Gasteiger partial charge >= 0.3 is 0 Å². The van der Waals surface area contributed by atoms with Crippen LogP contribution in [-0.2, 0) is 4.74 Å². The number of rotatable bonds is 4. The number of nitrogens with zero attached hydrogens (tertiary/aromatic N) is 2. The van der Waals surface area contributed by atoms with E-state index in [2.05, 4.69) is 15.1 Å². The second-order valence-corrected chi connectivity index (χ2v) is 6.91. The number of likely N-dealkylation sites (tertiary alicyclic amines) is 1. The Morgan fingerprint density at radius 1 is 1.17 bits per heavy atom. The molecule has 4 nitrogen and oxygen atoms in total. The van der Waals surface area contributed by atoms with E-state index in [1.165, 1.54) is 31.4 Å². The monoisotopic (exact) mass is 351 g/mol. The Morgan fingerprint density at radius 2 is 1.92 bits per heavy atom. The van der Waals surface area contributed by atoms with E-state index in [1.54, 1.807) is 12.1 Å². The van der Waals surface area contributed by atoms with Crippen LogP contribution in [0, 0.1) is 5.82 Å². The molecule has 0 aliphatic carbocycles. The average Bonchev–Trinajstić information content (AvgIpc) is 2.63. The van der Waals surface area contributed by atoms with Crippen molar-refractivity contribution in [3.63, 3.8) is 0 Å². The summed E-state index contributed by atoms with van der Waals surface area (Å²) >= 11 is 5.62. The zero-order valence-corrected chi connectivity index (χ0v) is 14.9. The first kappa shape index (κ1) is 17.6. The van der Waals surface area contributed by atoms with Gasteiger partial charge in [0.25, 0.3) is 0 Å². The molecular formula is C18H26FN3OS. The topological polar surface area (TPSA) is 27.7 Å². The fraction of sp³-hybridized carbons (Fsp3) is 0.611. The number of hydrogen-bond acceptors (Lipinski definition) is 3. The van der Waals surface area contributed by atoms with E-state index in [4.69, 9.17) is 17.0 Å². The lowest BCUT2D eigenvalue weighted by Gasteiger charge is -2.39. The van der Waals surface area contributed by atoms with Gasteiger partial charge in [-0.2, -0.15) is 0 Å². The molecule has 1 N–H and O–H groups in total. The molecule has 0 spiro atoms. The molecule has 132 valence electrons. The normalized spacial score (nSPS) is 22.4. The molecule has 2 aliphatic heterocycles. The van der Waals surface area contributed by atoms with Gasteiger partial charge in [0.15, 0.2) is 5.11 Å². The minimum atomic E-state index is -0.229. The number of thiocarbonyl (C=S) groups is 1. The van der Waals surface area contributed by atoms with Gasteiger partial charge in [-0.25, -0.2) is 4.39 Å². The van der Waals surface area contributed by atoms with E-state index >= 15 is 0 Å². The Labute approximate surface area is 149 Å². The van der Waals surface area contributed by atoms with Gasteiger partial charge in [-0.3, -0.25) is 4.90 Å². The van der Waals surface area contributed by atoms with Gasteiger partial charge in [0.1, 0.15) is 5.82 Å². The number of ether oxygens (including phenoxy) is 1. The highest BCUT2D eigenvalue weighted by molar-refractivity contribution is 7.80. The molecule has 0 aromatic heterocycles. The second-order valence-electron chi connectivity index (χ2n) is 6.52. The molecule has 0 radical (unpaired) electrons. The Balaban J connectivity index is 1.54. The highest BCUT2D eigenvalue weighted by atomic mass is 32.1. The molecule has 0 amide bonds. The third-order valence-electron chi connectivity index (χ3n) is 4.87. The van der Waals surface area contributed by atoms with E-state index in [0.717, 1.165) is 56.6 Å². The van der Waals surface area contributed by atoms with Crippen molar-refractivity contribution in [2.45, 2.75) is 31.7 Å². The summed E-state index contributed by atoms with van der Waals surface area (Å²) in [5.41, 5.74) is 0.846. The van der Waals surface area contributed by atoms with Crippen LogP contribution in [0.5, 0.6) is 0 Å². The maximum atomic E-state index is 13.0. The van der Waals surface area contributed by atoms with Crippen LogP contribution in [0.15, 0.2) is 24.3 Å². The summed E-state index contributed by atoms with van der Waals surface area (Å²) in [6, 6.07) is 6.86. The molecule has 3 rings (SSSR count). The van der Waals surface area contributed by atoms with Crippen molar-refractivity contribution < 1.29 is 9.13 Å². The van der Waals surface area contributed by atoms with Crippen LogP contribution in [-0.4, -0.2) is 60.3 Å². The van der Waals surface area contributed by atoms with Gasteiger partial charge in [-0.05, 0) is 62.2 Å². The van der Waals surface area contributed by atoms with Gasteiger partial charge in [0, 0.05) is 37.9 Å². The van der Waals surface area contributed by atoms with E-state index in [1.807, 2.05) is 0 Å². The van der Waals surface area contributed by atoms with Crippen molar-refractivity contribution in [2.24, 2.45) is 0 Å². The van der Waals surface area contributed by atoms with Gasteiger partial charge in [-0.1, -0.05) is 0 Å². The minimum Gasteiger partial charge on any atom is -0.379 e. The lowest BCUT2D eigenvalue weighted by molar-refractivity contribution is 0.0338. The van der Waals surface area contributed by atoms with E-state index in [-0.39, 0.29) is 5.82 Å². The van der Waals surface area contributed by atoms with E-state index < -0.39 is 0 Å². The third kappa shape index (κ3) is 4.88. The molecule has 1 aromatic carbocycles. The summed E-state index contributed by atoms with van der Waals surface area (Å²) in [5.74, 6) is -0.229. The fourth-order valence-electron chi connectivity index (χ4n) is 3.45. The molecule has 2 fully saturated rings. The van der Waals surface area contributed by atoms with Gasteiger partial charge in [0.05, 0.1) is 13.2 Å². The number of benzene rings is 1. The molecule has 1 aromatic rings. The lowest BCUT2D eigenvalue weighted by atomic mass is 9.99. The second kappa shape index (κ2) is 8.74. The SMILES string of the molecule is Fc1ccc(NC(=S)N2CCCC[C@H]2CCN2CCOCC2)cc1. The Hall–Kier alpha value is -1.24. The van der Waals surface area contributed by atoms with Crippen molar-refractivity contribution in [3.8, 4) is 0 Å². The van der Waals surface area contributed by atoms with Gasteiger partial charge < -0.3 is 15.0 Å². The first-order chi connectivity index (χ1) is 11.7. The Kier molecular flexibility index (Phi) is 6.40. The van der Waals surface area contributed by atoms with Crippen LogP contribution in [0.1, 0.15) is 25.7 Å². The number of hydrogen-bond donors (Lipinski definition) is 1. The average molecular weight is 351 g/mol. The maximum Gasteiger partial charge on any atom is 0.173 e. The minimum absolute atomic E-state index is 0.229. The summed E-state index contributed by atoms with van der Waals surface area (Å²) in [5, 5.41) is 4.02. The van der Waals surface area contributed by atoms with E-state index in [0.29, 0.717) is 6.04 Å². The number of anilines is 1. The molecule has 0 bridgehead atoms. The Morgan fingerprint density at radius 3 is 2.67 bits per heavy atom. The first-order valence-corrected chi connectivity index (χ1v) is 9.26. The van der Waals surface area contributed by atoms with Crippen molar-refractivity contribution >= 4 is 23.0 Å². The zero-order valence-electron chi connectivity index (χ0n) is 14.0. The first-order valence-electron chi connectivity index (χ1n) is 8.86. The van der Waals surface area contributed by atoms with Gasteiger partial charge in [0.2, 0.25) is 0 Å². The van der Waals surface area contributed by atoms with Crippen LogP contribution in [0.3, 0.4) is 0 Å². The molecule has 2 aliphatic rings. The standard InChI is InChI=1S/C18H26FN3OS/c19-15-4-6-16(7-5-15)20-18(24)22-9-2-1-3-17(22)8-10-21-11-13-23-14-12-21/h4-7,17H,1-3,8-14H2,(H,20,24)/t17-/m0/s1. The summed E-state index contributed by atoms with van der Waals surface area (Å²) in [7, 11) is 0. The van der Waals surface area contributed by atoms with Crippen LogP contribution in [0.2, 0.25) is 0 Å². The highest BCUT2D eigenvalue weighted by Gasteiger charge is 2.25. The Bertz CT molecular complexity index is 534. The maximum absolute atomic E-state index is 13.0. The number of halogens is 1. The summed E-state index contributed by atoms with van der Waals surface area (Å²) in [6.07, 6.45) is 4.77. The molecular weight excluding hydrogens is 325 g/mol. The number of morpholine rings is 1. The summed E-state index contributed by atoms with van der Waals surface area (Å²) < 4.78 is 18.4. The molecule has 1 atom stereocenters. The van der Waals surface area contributed by atoms with Gasteiger partial charge in [-0.15, -0.1) is 0 Å². The smallest absolute Gasteiger partial charge is 0.173 e. The molecule has 0 unspecified atom stereocenters. The number of nitrogens with one attached hydrogen (secondary N) is 1. The quantitative estimate of drug-likeness (QED) is 0.842. The summed E-state index contributed by atoms with van der Waals surface area (Å²) in [6.45, 7) is 5.86. The molecule has 24 heavy (non-hydrogen) atoms. The predicted molar refractivity (Wildman–Crippen MR) is 98.8 cm³/mol. The molecule has 6 heteroatoms.